The Kier molecular flexibility index (Phi) is 3.25. The van der Waals surface area contributed by atoms with E-state index >= 15 is 0 Å². The third-order valence-corrected chi connectivity index (χ3v) is 2.77. The van der Waals surface area contributed by atoms with Gasteiger partial charge >= 0.3 is 0 Å². The van der Waals surface area contributed by atoms with Crippen LogP contribution in [-0.2, 0) is 0 Å². The predicted octanol–water partition coefficient (Wildman–Crippen LogP) is 3.45. The van der Waals surface area contributed by atoms with Crippen LogP contribution in [0.2, 0.25) is 5.02 Å². The van der Waals surface area contributed by atoms with Crippen LogP contribution in [0.3, 0.4) is 0 Å². The number of rotatable bonds is 2. The number of hydrogen-bond acceptors (Lipinski definition) is 2. The fourth-order valence-electron chi connectivity index (χ4n) is 1.80. The van der Waals surface area contributed by atoms with Crippen LogP contribution in [-0.4, -0.2) is 11.1 Å². The van der Waals surface area contributed by atoms with E-state index in [-0.39, 0.29) is 0 Å². The maximum Gasteiger partial charge on any atom is 0.214 e. The molecule has 2 nitrogen and oxygen atoms in total. The number of aromatic nitrogens is 1. The monoisotopic (exact) mass is 211 g/mol. The van der Waals surface area contributed by atoms with E-state index in [2.05, 4.69) is 4.98 Å². The third-order valence-electron chi connectivity index (χ3n) is 2.54. The molecular weight excluding hydrogens is 198 g/mol. The number of ether oxygens (including phenoxy) is 1. The van der Waals surface area contributed by atoms with Gasteiger partial charge in [0.1, 0.15) is 6.10 Å². The highest BCUT2D eigenvalue weighted by Crippen LogP contribution is 2.23. The van der Waals surface area contributed by atoms with Crippen molar-refractivity contribution in [1.82, 2.24) is 4.98 Å². The summed E-state index contributed by atoms with van der Waals surface area (Å²) in [6.45, 7) is 0. The molecule has 1 aromatic heterocycles. The fourth-order valence-corrected chi connectivity index (χ4v) is 1.95. The highest BCUT2D eigenvalue weighted by atomic mass is 35.5. The van der Waals surface area contributed by atoms with Crippen LogP contribution >= 0.6 is 11.6 Å². The van der Waals surface area contributed by atoms with Gasteiger partial charge in [0.25, 0.3) is 0 Å². The minimum Gasteiger partial charge on any atom is -0.474 e. The van der Waals surface area contributed by atoms with Crippen molar-refractivity contribution in [3.8, 4) is 5.88 Å². The zero-order chi connectivity index (χ0) is 9.80. The minimum atomic E-state index is 0.342. The molecule has 1 heterocycles. The first-order chi connectivity index (χ1) is 6.84. The lowest BCUT2D eigenvalue weighted by Crippen LogP contribution is -2.20. The van der Waals surface area contributed by atoms with E-state index in [4.69, 9.17) is 16.3 Å². The van der Waals surface area contributed by atoms with Gasteiger partial charge in [0, 0.05) is 17.3 Å². The smallest absolute Gasteiger partial charge is 0.214 e. The van der Waals surface area contributed by atoms with Gasteiger partial charge in [-0.15, -0.1) is 0 Å². The van der Waals surface area contributed by atoms with Crippen molar-refractivity contribution in [2.24, 2.45) is 0 Å². The van der Waals surface area contributed by atoms with E-state index in [9.17, 15) is 0 Å². The Balaban J connectivity index is 1.95. The van der Waals surface area contributed by atoms with Crippen molar-refractivity contribution in [3.05, 3.63) is 23.4 Å². The van der Waals surface area contributed by atoms with Crippen molar-refractivity contribution < 1.29 is 4.74 Å². The Morgan fingerprint density at radius 1 is 1.29 bits per heavy atom. The molecule has 0 saturated heterocycles. The molecule has 0 unspecified atom stereocenters. The molecule has 3 heteroatoms. The van der Waals surface area contributed by atoms with Crippen molar-refractivity contribution >= 4 is 11.6 Å². The standard InChI is InChI=1S/C11H14ClNO/c12-9-6-7-13-11(8-9)14-10-4-2-1-3-5-10/h6-8,10H,1-5H2. The first-order valence-electron chi connectivity index (χ1n) is 5.13. The Bertz CT molecular complexity index is 297. The second kappa shape index (κ2) is 4.65. The average Bonchev–Trinajstić information content (AvgIpc) is 2.19. The van der Waals surface area contributed by atoms with Gasteiger partial charge in [-0.25, -0.2) is 4.98 Å². The predicted molar refractivity (Wildman–Crippen MR) is 56.7 cm³/mol. The summed E-state index contributed by atoms with van der Waals surface area (Å²) in [5, 5.41) is 0.686. The van der Waals surface area contributed by atoms with Crippen LogP contribution < -0.4 is 4.74 Å². The molecule has 1 aliphatic carbocycles. The molecule has 1 fully saturated rings. The maximum atomic E-state index is 5.84. The molecule has 0 spiro atoms. The van der Waals surface area contributed by atoms with Gasteiger partial charge in [-0.2, -0.15) is 0 Å². The minimum absolute atomic E-state index is 0.342. The van der Waals surface area contributed by atoms with Crippen LogP contribution in [0.25, 0.3) is 0 Å². The molecule has 0 aromatic carbocycles. The average molecular weight is 212 g/mol. The molecule has 14 heavy (non-hydrogen) atoms. The lowest BCUT2D eigenvalue weighted by molar-refractivity contribution is 0.148. The molecule has 0 radical (unpaired) electrons. The van der Waals surface area contributed by atoms with Gasteiger partial charge in [0.15, 0.2) is 0 Å². The number of pyridine rings is 1. The topological polar surface area (TPSA) is 22.1 Å². The van der Waals surface area contributed by atoms with Crippen LogP contribution in [0, 0.1) is 0 Å². The molecule has 0 N–H and O–H groups in total. The lowest BCUT2D eigenvalue weighted by atomic mass is 9.98. The largest absolute Gasteiger partial charge is 0.474 e. The quantitative estimate of drug-likeness (QED) is 0.748. The maximum absolute atomic E-state index is 5.84. The van der Waals surface area contributed by atoms with Crippen molar-refractivity contribution in [2.75, 3.05) is 0 Å². The summed E-state index contributed by atoms with van der Waals surface area (Å²) in [7, 11) is 0. The molecule has 0 bridgehead atoms. The molecular formula is C11H14ClNO. The SMILES string of the molecule is Clc1ccnc(OC2CCCCC2)c1. The van der Waals surface area contributed by atoms with Crippen molar-refractivity contribution in [1.29, 1.82) is 0 Å². The van der Waals surface area contributed by atoms with Gasteiger partial charge < -0.3 is 4.74 Å². The molecule has 0 amide bonds. The van der Waals surface area contributed by atoms with E-state index in [0.29, 0.717) is 17.0 Å². The Hall–Kier alpha value is -0.760. The normalized spacial score (nSPS) is 18.1. The van der Waals surface area contributed by atoms with Crippen LogP contribution in [0.5, 0.6) is 5.88 Å². The lowest BCUT2D eigenvalue weighted by Gasteiger charge is -2.22. The summed E-state index contributed by atoms with van der Waals surface area (Å²) in [4.78, 5) is 4.13. The summed E-state index contributed by atoms with van der Waals surface area (Å²) in [5.41, 5.74) is 0. The Labute approximate surface area is 89.3 Å². The van der Waals surface area contributed by atoms with Crippen molar-refractivity contribution in [3.63, 3.8) is 0 Å². The first kappa shape index (κ1) is 9.78. The van der Waals surface area contributed by atoms with E-state index in [0.717, 1.165) is 12.8 Å². The Morgan fingerprint density at radius 3 is 2.79 bits per heavy atom. The number of hydrogen-bond donors (Lipinski definition) is 0. The highest BCUT2D eigenvalue weighted by molar-refractivity contribution is 6.30. The van der Waals surface area contributed by atoms with Gasteiger partial charge in [-0.05, 0) is 31.7 Å². The van der Waals surface area contributed by atoms with E-state index in [1.54, 1.807) is 18.3 Å². The van der Waals surface area contributed by atoms with E-state index in [1.165, 1.54) is 19.3 Å². The second-order valence-electron chi connectivity index (χ2n) is 3.69. The molecule has 0 atom stereocenters. The molecule has 2 rings (SSSR count). The van der Waals surface area contributed by atoms with Gasteiger partial charge in [0.2, 0.25) is 5.88 Å². The number of halogens is 1. The Morgan fingerprint density at radius 2 is 2.07 bits per heavy atom. The molecule has 0 aliphatic heterocycles. The van der Waals surface area contributed by atoms with Crippen LogP contribution in [0.1, 0.15) is 32.1 Å². The molecule has 1 saturated carbocycles. The summed E-state index contributed by atoms with van der Waals surface area (Å²) >= 11 is 5.84. The molecule has 76 valence electrons. The fraction of sp³-hybridized carbons (Fsp3) is 0.545. The van der Waals surface area contributed by atoms with Gasteiger partial charge in [0.05, 0.1) is 0 Å². The zero-order valence-corrected chi connectivity index (χ0v) is 8.83. The first-order valence-corrected chi connectivity index (χ1v) is 5.50. The van der Waals surface area contributed by atoms with Gasteiger partial charge in [-0.3, -0.25) is 0 Å². The number of nitrogens with zero attached hydrogens (tertiary/aromatic N) is 1. The summed E-state index contributed by atoms with van der Waals surface area (Å²) in [5.74, 6) is 0.657. The van der Waals surface area contributed by atoms with E-state index in [1.807, 2.05) is 0 Å². The second-order valence-corrected chi connectivity index (χ2v) is 4.13. The van der Waals surface area contributed by atoms with Crippen LogP contribution in [0.4, 0.5) is 0 Å². The zero-order valence-electron chi connectivity index (χ0n) is 8.08. The third kappa shape index (κ3) is 2.61. The molecule has 1 aromatic rings. The van der Waals surface area contributed by atoms with Crippen molar-refractivity contribution in [2.45, 2.75) is 38.2 Å². The molecule has 1 aliphatic rings. The highest BCUT2D eigenvalue weighted by Gasteiger charge is 2.15. The van der Waals surface area contributed by atoms with Crippen LogP contribution in [0.15, 0.2) is 18.3 Å². The summed E-state index contributed by atoms with van der Waals surface area (Å²) in [6.07, 6.45) is 8.19. The summed E-state index contributed by atoms with van der Waals surface area (Å²) in [6, 6.07) is 3.53. The summed E-state index contributed by atoms with van der Waals surface area (Å²) < 4.78 is 5.74. The van der Waals surface area contributed by atoms with Gasteiger partial charge in [-0.1, -0.05) is 18.0 Å². The van der Waals surface area contributed by atoms with E-state index < -0.39 is 0 Å².